The quantitative estimate of drug-likeness (QED) is 0.0478. The van der Waals surface area contributed by atoms with Crippen LogP contribution < -0.4 is 0 Å². The number of nitrogens with zero attached hydrogens (tertiary/aromatic N) is 2. The predicted molar refractivity (Wildman–Crippen MR) is 222 cm³/mol. The first-order chi connectivity index (χ1) is 24.1. The Kier molecular flexibility index (Phi) is 37.9. The van der Waals surface area contributed by atoms with Crippen molar-refractivity contribution in [2.75, 3.05) is 27.2 Å². The number of rotatable bonds is 38. The number of hydrogen-bond acceptors (Lipinski definition) is 2. The summed E-state index contributed by atoms with van der Waals surface area (Å²) in [5.41, 5.74) is 0. The summed E-state index contributed by atoms with van der Waals surface area (Å²) in [6.07, 6.45) is 53.2. The second kappa shape index (κ2) is 39.2. The van der Waals surface area contributed by atoms with Gasteiger partial charge in [0.1, 0.15) is 0 Å². The van der Waals surface area contributed by atoms with Gasteiger partial charge in [-0.25, -0.2) is 0 Å². The van der Waals surface area contributed by atoms with Gasteiger partial charge >= 0.3 is 0 Å². The van der Waals surface area contributed by atoms with E-state index < -0.39 is 0 Å². The Labute approximate surface area is 308 Å². The predicted octanol–water partition coefficient (Wildman–Crippen LogP) is 14.3. The molecule has 0 spiro atoms. The molecule has 0 saturated carbocycles. The molecule has 1 atom stereocenters. The van der Waals surface area contributed by atoms with E-state index in [2.05, 4.69) is 80.8 Å². The third-order valence-corrected chi connectivity index (χ3v) is 9.88. The first kappa shape index (κ1) is 47.4. The minimum Gasteiger partial charge on any atom is -0.340 e. The van der Waals surface area contributed by atoms with Gasteiger partial charge in [-0.15, -0.1) is 6.58 Å². The highest BCUT2D eigenvalue weighted by atomic mass is 16.2. The van der Waals surface area contributed by atoms with Crippen LogP contribution in [0.15, 0.2) is 49.1 Å². The molecule has 0 fully saturated rings. The molecule has 0 aromatic heterocycles. The minimum atomic E-state index is 0.426. The Morgan fingerprint density at radius 1 is 0.510 bits per heavy atom. The van der Waals surface area contributed by atoms with Crippen molar-refractivity contribution in [3.63, 3.8) is 0 Å². The lowest BCUT2D eigenvalue weighted by molar-refractivity contribution is -0.134. The number of allylic oxidation sites excluding steroid dienone is 7. The van der Waals surface area contributed by atoms with Gasteiger partial charge in [0.05, 0.1) is 0 Å². The van der Waals surface area contributed by atoms with E-state index in [-0.39, 0.29) is 0 Å². The van der Waals surface area contributed by atoms with Crippen LogP contribution >= 0.6 is 0 Å². The van der Waals surface area contributed by atoms with Crippen LogP contribution in [0.3, 0.4) is 0 Å². The van der Waals surface area contributed by atoms with Gasteiger partial charge in [-0.1, -0.05) is 166 Å². The van der Waals surface area contributed by atoms with Crippen molar-refractivity contribution in [3.8, 4) is 0 Å². The van der Waals surface area contributed by atoms with E-state index >= 15 is 0 Å². The SMILES string of the molecule is C=CC/C=C\CCCCCCCCC(CCCCCCCC/C=C\C/C=C\CCCCC)N(CCCN(C)C)C(=O)CCCCCCCC. The lowest BCUT2D eigenvalue weighted by Gasteiger charge is -2.33. The second-order valence-corrected chi connectivity index (χ2v) is 15.0. The molecule has 286 valence electrons. The van der Waals surface area contributed by atoms with Crippen LogP contribution in [-0.4, -0.2) is 48.9 Å². The van der Waals surface area contributed by atoms with Crippen LogP contribution in [0.4, 0.5) is 0 Å². The van der Waals surface area contributed by atoms with Crippen LogP contribution in [0.2, 0.25) is 0 Å². The number of unbranched alkanes of at least 4 members (excludes halogenated alkanes) is 20. The average molecular weight is 683 g/mol. The fourth-order valence-corrected chi connectivity index (χ4v) is 6.75. The van der Waals surface area contributed by atoms with Gasteiger partial charge in [0.15, 0.2) is 0 Å². The summed E-state index contributed by atoms with van der Waals surface area (Å²) in [4.78, 5) is 18.3. The Balaban J connectivity index is 4.75. The highest BCUT2D eigenvalue weighted by Crippen LogP contribution is 2.22. The first-order valence-corrected chi connectivity index (χ1v) is 21.6. The number of hydrogen-bond donors (Lipinski definition) is 0. The summed E-state index contributed by atoms with van der Waals surface area (Å²) in [6.45, 7) is 10.3. The van der Waals surface area contributed by atoms with Crippen LogP contribution in [0.25, 0.3) is 0 Å². The Morgan fingerprint density at radius 2 is 0.939 bits per heavy atom. The molecule has 49 heavy (non-hydrogen) atoms. The minimum absolute atomic E-state index is 0.426. The molecule has 0 aromatic rings. The zero-order chi connectivity index (χ0) is 35.9. The van der Waals surface area contributed by atoms with Gasteiger partial charge < -0.3 is 9.80 Å². The largest absolute Gasteiger partial charge is 0.340 e. The normalized spacial score (nSPS) is 12.7. The van der Waals surface area contributed by atoms with Gasteiger partial charge in [-0.2, -0.15) is 0 Å². The highest BCUT2D eigenvalue weighted by Gasteiger charge is 2.22. The second-order valence-electron chi connectivity index (χ2n) is 15.0. The van der Waals surface area contributed by atoms with E-state index in [1.807, 2.05) is 6.08 Å². The van der Waals surface area contributed by atoms with Crippen molar-refractivity contribution in [2.45, 2.75) is 213 Å². The van der Waals surface area contributed by atoms with Crippen LogP contribution in [0, 0.1) is 0 Å². The molecule has 0 aliphatic rings. The Morgan fingerprint density at radius 3 is 1.45 bits per heavy atom. The molecule has 0 aromatic carbocycles. The maximum Gasteiger partial charge on any atom is 0.222 e. The maximum atomic E-state index is 13.7. The van der Waals surface area contributed by atoms with Crippen molar-refractivity contribution in [2.24, 2.45) is 0 Å². The van der Waals surface area contributed by atoms with Crippen molar-refractivity contribution in [3.05, 3.63) is 49.1 Å². The maximum absolute atomic E-state index is 13.7. The number of amides is 1. The standard InChI is InChI=1S/C46H86N2O/c1-6-9-12-15-18-20-22-23-24-25-26-28-30-32-34-37-41-45(40-36-33-31-29-27-21-19-16-13-10-7-2)48(44-39-43-47(4)5)46(49)42-38-35-17-14-11-8-3/h7,13,16,18,20,23-24,45H,2,6,8-12,14-15,17,19,21-22,25-44H2,1,3-5H3/b16-13-,20-18-,24-23-. The average Bonchev–Trinajstić information content (AvgIpc) is 3.09. The molecule has 1 amide bonds. The van der Waals surface area contributed by atoms with Gasteiger partial charge in [0, 0.05) is 19.0 Å². The zero-order valence-corrected chi connectivity index (χ0v) is 33.8. The third kappa shape index (κ3) is 34.6. The van der Waals surface area contributed by atoms with Crippen molar-refractivity contribution in [1.82, 2.24) is 9.80 Å². The molecule has 0 radical (unpaired) electrons. The molecular formula is C46H86N2O. The molecule has 1 unspecified atom stereocenters. The van der Waals surface area contributed by atoms with E-state index in [4.69, 9.17) is 0 Å². The summed E-state index contributed by atoms with van der Waals surface area (Å²) in [5, 5.41) is 0. The number of carbonyl (C=O) groups excluding carboxylic acids is 1. The van der Waals surface area contributed by atoms with Crippen LogP contribution in [0.5, 0.6) is 0 Å². The molecule has 0 heterocycles. The van der Waals surface area contributed by atoms with E-state index in [9.17, 15) is 4.79 Å². The molecule has 0 rings (SSSR count). The van der Waals surface area contributed by atoms with Gasteiger partial charge in [0.25, 0.3) is 0 Å². The van der Waals surface area contributed by atoms with Crippen LogP contribution in [-0.2, 0) is 4.79 Å². The summed E-state index contributed by atoms with van der Waals surface area (Å²) in [5.74, 6) is 0.434. The fraction of sp³-hybridized carbons (Fsp3) is 0.804. The molecule has 0 bridgehead atoms. The fourth-order valence-electron chi connectivity index (χ4n) is 6.75. The van der Waals surface area contributed by atoms with Crippen molar-refractivity contribution < 1.29 is 4.79 Å². The highest BCUT2D eigenvalue weighted by molar-refractivity contribution is 5.76. The molecular weight excluding hydrogens is 597 g/mol. The molecule has 3 heteroatoms. The Bertz CT molecular complexity index is 782. The first-order valence-electron chi connectivity index (χ1n) is 21.6. The topological polar surface area (TPSA) is 23.6 Å². The van der Waals surface area contributed by atoms with E-state index in [0.717, 1.165) is 45.2 Å². The zero-order valence-electron chi connectivity index (χ0n) is 33.8. The number of carbonyl (C=O) groups is 1. The van der Waals surface area contributed by atoms with Gasteiger partial charge in [-0.3, -0.25) is 4.79 Å². The Hall–Kier alpha value is -1.61. The monoisotopic (exact) mass is 683 g/mol. The summed E-state index contributed by atoms with van der Waals surface area (Å²) in [6, 6.07) is 0.426. The van der Waals surface area contributed by atoms with Crippen molar-refractivity contribution in [1.29, 1.82) is 0 Å². The van der Waals surface area contributed by atoms with E-state index in [1.54, 1.807) is 0 Å². The molecule has 0 N–H and O–H groups in total. The lowest BCUT2D eigenvalue weighted by atomic mass is 9.97. The van der Waals surface area contributed by atoms with Gasteiger partial charge in [0.2, 0.25) is 5.91 Å². The molecule has 3 nitrogen and oxygen atoms in total. The summed E-state index contributed by atoms with van der Waals surface area (Å²) < 4.78 is 0. The van der Waals surface area contributed by atoms with E-state index in [1.165, 1.54) is 161 Å². The van der Waals surface area contributed by atoms with Gasteiger partial charge in [-0.05, 0) is 97.7 Å². The summed E-state index contributed by atoms with van der Waals surface area (Å²) >= 11 is 0. The molecule has 0 aliphatic heterocycles. The van der Waals surface area contributed by atoms with E-state index in [0.29, 0.717) is 11.9 Å². The molecule has 0 aliphatic carbocycles. The molecule has 0 saturated heterocycles. The summed E-state index contributed by atoms with van der Waals surface area (Å²) in [7, 11) is 4.31. The van der Waals surface area contributed by atoms with Crippen LogP contribution in [0.1, 0.15) is 206 Å². The third-order valence-electron chi connectivity index (χ3n) is 9.88. The smallest absolute Gasteiger partial charge is 0.222 e. The van der Waals surface area contributed by atoms with Crippen molar-refractivity contribution >= 4 is 5.91 Å². The lowest BCUT2D eigenvalue weighted by Crippen LogP contribution is -2.41.